The molecule has 113 heavy (non-hydrogen) atoms. The van der Waals surface area contributed by atoms with E-state index in [-0.39, 0.29) is 57.6 Å². The van der Waals surface area contributed by atoms with Gasteiger partial charge in [0.05, 0.1) is 33.1 Å². The van der Waals surface area contributed by atoms with Crippen LogP contribution in [0.3, 0.4) is 0 Å². The lowest BCUT2D eigenvalue weighted by Gasteiger charge is -2.55. The second-order valence-corrected chi connectivity index (χ2v) is 35.1. The fraction of sp³-hybridized carbons (Fsp3) is 0.663. The molecule has 9 heterocycles. The highest BCUT2D eigenvalue weighted by Gasteiger charge is 2.47. The number of carboxylic acids is 3. The molecule has 11 fully saturated rings. The smallest absolute Gasteiger partial charge is 0.344 e. The fourth-order valence-electron chi connectivity index (χ4n) is 22.7. The van der Waals surface area contributed by atoms with Crippen LogP contribution >= 0.6 is 0 Å². The van der Waals surface area contributed by atoms with Crippen LogP contribution in [0, 0.1) is 23.7 Å². The Hall–Kier alpha value is -8.22. The van der Waals surface area contributed by atoms with Gasteiger partial charge in [0.15, 0.2) is 17.1 Å². The van der Waals surface area contributed by atoms with Gasteiger partial charge in [-0.05, 0) is 203 Å². The molecule has 6 saturated heterocycles. The van der Waals surface area contributed by atoms with Crippen molar-refractivity contribution in [3.8, 4) is 0 Å². The molecule has 0 spiro atoms. The summed E-state index contributed by atoms with van der Waals surface area (Å²) in [5.74, 6) is 0.760. The van der Waals surface area contributed by atoms with Gasteiger partial charge in [-0.1, -0.05) is 174 Å². The molecule has 610 valence electrons. The summed E-state index contributed by atoms with van der Waals surface area (Å²) in [6.07, 6.45) is 48.5. The van der Waals surface area contributed by atoms with E-state index in [1.165, 1.54) is 167 Å². The third-order valence-corrected chi connectivity index (χ3v) is 27.6. The van der Waals surface area contributed by atoms with E-state index >= 15 is 0 Å². The Bertz CT molecular complexity index is 4520. The number of nitrogens with zero attached hydrogens (tertiary/aromatic N) is 12. The van der Waals surface area contributed by atoms with Crippen molar-refractivity contribution in [1.82, 2.24) is 43.4 Å². The zero-order chi connectivity index (χ0) is 78.7. The van der Waals surface area contributed by atoms with Crippen LogP contribution in [0.15, 0.2) is 103 Å². The van der Waals surface area contributed by atoms with Crippen molar-refractivity contribution in [1.29, 1.82) is 0 Å². The van der Waals surface area contributed by atoms with Crippen molar-refractivity contribution < 1.29 is 44.2 Å². The van der Waals surface area contributed by atoms with Gasteiger partial charge in [0.2, 0.25) is 19.8 Å². The molecule has 7 unspecified atom stereocenters. The number of benzene rings is 3. The molecule has 17 rings (SSSR count). The number of fused-ring (bicyclic) bond motifs is 13. The largest absolute Gasteiger partial charge is 0.479 e. The molecule has 3 N–H and O–H groups in total. The number of oxime groups is 3. The van der Waals surface area contributed by atoms with Gasteiger partial charge in [0.25, 0.3) is 16.7 Å². The van der Waals surface area contributed by atoms with E-state index in [4.69, 9.17) is 29.8 Å². The number of carboxylic acid groups (broad SMARTS) is 3. The average Bonchev–Trinajstić information content (AvgIpc) is 1.61. The molecule has 0 radical (unpaired) electrons. The normalized spacial score (nSPS) is 29.3. The maximum Gasteiger partial charge on any atom is 0.344 e. The summed E-state index contributed by atoms with van der Waals surface area (Å²) >= 11 is 0. The van der Waals surface area contributed by atoms with Crippen molar-refractivity contribution in [2.45, 2.75) is 325 Å². The molecular weight excluding hydrogens is 1430 g/mol. The van der Waals surface area contributed by atoms with E-state index < -0.39 is 37.7 Å². The predicted molar refractivity (Wildman–Crippen MR) is 439 cm³/mol. The lowest BCUT2D eigenvalue weighted by molar-refractivity contribution is -0.143. The van der Waals surface area contributed by atoms with Gasteiger partial charge in [-0.15, -0.1) is 0 Å². The molecule has 0 amide bonds. The lowest BCUT2D eigenvalue weighted by Crippen LogP contribution is -2.58. The minimum absolute atomic E-state index is 0.105. The van der Waals surface area contributed by atoms with Gasteiger partial charge in [0.1, 0.15) is 17.1 Å². The third-order valence-electron chi connectivity index (χ3n) is 27.6. The van der Waals surface area contributed by atoms with E-state index in [0.29, 0.717) is 59.8 Å². The summed E-state index contributed by atoms with van der Waals surface area (Å²) in [5.41, 5.74) is 5.77. The molecule has 24 nitrogen and oxygen atoms in total. The van der Waals surface area contributed by atoms with Crippen LogP contribution in [0.4, 0.5) is 0 Å². The topological polar surface area (TPSA) is 291 Å². The lowest BCUT2D eigenvalue weighted by atomic mass is 9.68. The van der Waals surface area contributed by atoms with Crippen LogP contribution in [-0.2, 0) is 28.9 Å². The quantitative estimate of drug-likeness (QED) is 0.0565. The SMILES string of the molecule is C/C(=N\OCC(=O)O)c1nc2ccccc2n(C2C[C@H]3CCC[C@@H](C2)N3C2CC3CCCC(C3)C2)c1=O.C/C(=N\OCC(=O)O)c1nc2ccccc2n(C2C[C@H]3CCC[C@@H](C2)N3C2CCCCCCCCC2)c1=O.C/C(=N\OCC(=O)O)c1nc2ccccc2n(C2C[C@H]3CC[C@@H](C2)N3C)c1=O.C1CCC2CCCC(C1)C2. The molecule has 6 aromatic rings. The molecule has 10 bridgehead atoms. The molecular formula is C89H122N12O12. The zero-order valence-electron chi connectivity index (χ0n) is 67.3. The van der Waals surface area contributed by atoms with Gasteiger partial charge in [0, 0.05) is 66.5 Å². The van der Waals surface area contributed by atoms with Crippen LogP contribution < -0.4 is 16.7 Å². The first kappa shape index (κ1) is 81.4. The monoisotopic (exact) mass is 1550 g/mol. The maximum atomic E-state index is 13.9. The van der Waals surface area contributed by atoms with Gasteiger partial charge in [-0.2, -0.15) is 0 Å². The number of aromatic nitrogens is 6. The summed E-state index contributed by atoms with van der Waals surface area (Å²) in [6.45, 7) is 3.26. The molecule has 3 aromatic carbocycles. The summed E-state index contributed by atoms with van der Waals surface area (Å²) < 4.78 is 5.79. The van der Waals surface area contributed by atoms with Crippen LogP contribution in [0.25, 0.3) is 33.1 Å². The van der Waals surface area contributed by atoms with Crippen molar-refractivity contribution >= 4 is 68.1 Å². The molecule has 13 atom stereocenters. The zero-order valence-corrected chi connectivity index (χ0v) is 67.3. The Balaban J connectivity index is 0.000000133. The molecule has 11 aliphatic rings. The first-order chi connectivity index (χ1) is 54.9. The summed E-state index contributed by atoms with van der Waals surface area (Å²) in [4.78, 5) is 110. The fourth-order valence-corrected chi connectivity index (χ4v) is 22.7. The van der Waals surface area contributed by atoms with Crippen molar-refractivity contribution in [3.63, 3.8) is 0 Å². The number of aliphatic carboxylic acids is 3. The van der Waals surface area contributed by atoms with Gasteiger partial charge < -0.3 is 48.4 Å². The Labute approximate surface area is 664 Å². The predicted octanol–water partition coefficient (Wildman–Crippen LogP) is 15.8. The molecule has 5 saturated carbocycles. The first-order valence-corrected chi connectivity index (χ1v) is 43.4. The summed E-state index contributed by atoms with van der Waals surface area (Å²) in [6, 6.07) is 28.0. The van der Waals surface area contributed by atoms with Crippen LogP contribution in [-0.4, -0.2) is 169 Å². The Kier molecular flexibility index (Phi) is 27.4. The molecule has 6 aliphatic heterocycles. The second kappa shape index (κ2) is 38.0. The van der Waals surface area contributed by atoms with Gasteiger partial charge >= 0.3 is 17.9 Å². The highest BCUT2D eigenvalue weighted by Crippen LogP contribution is 2.49. The Morgan fingerprint density at radius 3 is 0.982 bits per heavy atom. The number of para-hydroxylation sites is 6. The number of hydrogen-bond donors (Lipinski definition) is 3. The third kappa shape index (κ3) is 19.5. The van der Waals surface area contributed by atoms with Crippen LogP contribution in [0.2, 0.25) is 0 Å². The van der Waals surface area contributed by atoms with Gasteiger partial charge in [-0.25, -0.2) is 29.3 Å². The summed E-state index contributed by atoms with van der Waals surface area (Å²) in [7, 11) is 2.17. The van der Waals surface area contributed by atoms with Crippen molar-refractivity contribution in [2.24, 2.45) is 39.1 Å². The highest BCUT2D eigenvalue weighted by atomic mass is 16.6. The number of piperidine rings is 5. The van der Waals surface area contributed by atoms with Crippen LogP contribution in [0.1, 0.15) is 294 Å². The minimum Gasteiger partial charge on any atom is -0.479 e. The molecule has 5 aliphatic carbocycles. The average molecular weight is 1550 g/mol. The van der Waals surface area contributed by atoms with Crippen molar-refractivity contribution in [3.05, 3.63) is 121 Å². The minimum atomic E-state index is -1.12. The van der Waals surface area contributed by atoms with E-state index in [1.807, 2.05) is 86.5 Å². The molecule has 24 heteroatoms. The number of carbonyl (C=O) groups is 3. The standard InChI is InChI=1S/C30H42N4O4.C29H38N4O4.C20H24N4O4.C10H18/c1-21(32-38-20-28(35)36)29-30(37)34(27-17-10-9-16-26(27)31-29)25-18-23-14-11-15-24(19-25)33(23)22-12-7-5-3-2-4-6-8-13-22;1-18(31-37-17-27(34)35)28-29(36)33(26-11-3-2-10-25(26)30-28)24-15-21-8-5-9-22(16-24)32(21)23-13-19-6-4-7-20(12-19)14-23;1-12(22-28-11-18(25)26)19-20(27)24(17-6-4-3-5-16(17)21-19)15-9-13-7-8-14(10-15)23(13)2;1-2-5-10-7-3-6-9(4-1)8-10/h9-10,16-17,22-25H,2-8,11-15,18-20H2,1H3,(H,35,36);2-3,10-11,19-24H,4-9,12-17H2,1H3,(H,34,35);3-6,13-15H,7-11H2,1-2H3,(H,25,26);9-10H,1-8H2/b32-21+;31-18+;22-12+;/t23-,24+,25?;19?,20?,21-,22+,23?,24?;13-,14+,15?;. The van der Waals surface area contributed by atoms with Gasteiger partial charge in [-0.3, -0.25) is 24.2 Å². The van der Waals surface area contributed by atoms with E-state index in [0.717, 1.165) is 95.3 Å². The van der Waals surface area contributed by atoms with E-state index in [2.05, 4.69) is 52.2 Å². The maximum absolute atomic E-state index is 13.9. The second-order valence-electron chi connectivity index (χ2n) is 35.1. The Morgan fingerprint density at radius 1 is 0.336 bits per heavy atom. The number of hydrogen-bond acceptors (Lipinski definition) is 18. The van der Waals surface area contributed by atoms with Crippen molar-refractivity contribution in [2.75, 3.05) is 26.9 Å². The number of rotatable bonds is 17. The first-order valence-electron chi connectivity index (χ1n) is 43.4. The van der Waals surface area contributed by atoms with E-state index in [1.54, 1.807) is 52.9 Å². The Morgan fingerprint density at radius 2 is 0.619 bits per heavy atom. The van der Waals surface area contributed by atoms with E-state index in [9.17, 15) is 28.8 Å². The molecule has 3 aromatic heterocycles. The van der Waals surface area contributed by atoms with Crippen LogP contribution in [0.5, 0.6) is 0 Å². The summed E-state index contributed by atoms with van der Waals surface area (Å²) in [5, 5.41) is 38.0. The highest BCUT2D eigenvalue weighted by molar-refractivity contribution is 5.99.